The van der Waals surface area contributed by atoms with Crippen LogP contribution in [0.25, 0.3) is 11.4 Å². The summed E-state index contributed by atoms with van der Waals surface area (Å²) < 4.78 is 1.71. The summed E-state index contributed by atoms with van der Waals surface area (Å²) in [6.07, 6.45) is 0. The summed E-state index contributed by atoms with van der Waals surface area (Å²) in [6.45, 7) is 3.26. The van der Waals surface area contributed by atoms with Crippen LogP contribution in [0.3, 0.4) is 0 Å². The Labute approximate surface area is 138 Å². The van der Waals surface area contributed by atoms with E-state index in [1.807, 2.05) is 55.7 Å². The van der Waals surface area contributed by atoms with Gasteiger partial charge in [0.25, 0.3) is 5.91 Å². The summed E-state index contributed by atoms with van der Waals surface area (Å²) in [5.41, 5.74) is 1.47. The summed E-state index contributed by atoms with van der Waals surface area (Å²) in [7, 11) is 1.81. The van der Waals surface area contributed by atoms with Gasteiger partial charge >= 0.3 is 0 Å². The molecule has 3 rings (SSSR count). The standard InChI is InChI=1S/C16H17N5OS/c1-3-21-15(17-18-19-21)12-6-4-7-13(10-12)16(22)20(2)11-14-8-5-9-23-14/h4-10H,3,11H2,1-2H3. The van der Waals surface area contributed by atoms with Crippen LogP contribution in [0.2, 0.25) is 0 Å². The van der Waals surface area contributed by atoms with Gasteiger partial charge in [0.15, 0.2) is 5.82 Å². The largest absolute Gasteiger partial charge is 0.337 e. The highest BCUT2D eigenvalue weighted by Crippen LogP contribution is 2.19. The molecular weight excluding hydrogens is 310 g/mol. The van der Waals surface area contributed by atoms with E-state index >= 15 is 0 Å². The molecule has 0 aliphatic heterocycles. The molecule has 23 heavy (non-hydrogen) atoms. The van der Waals surface area contributed by atoms with E-state index in [0.29, 0.717) is 24.5 Å². The third-order valence-corrected chi connectivity index (χ3v) is 4.38. The number of carbonyl (C=O) groups is 1. The fourth-order valence-electron chi connectivity index (χ4n) is 2.34. The molecule has 0 aliphatic rings. The van der Waals surface area contributed by atoms with Gasteiger partial charge in [0, 0.05) is 29.6 Å². The van der Waals surface area contributed by atoms with E-state index in [1.165, 1.54) is 0 Å². The van der Waals surface area contributed by atoms with Crippen LogP contribution >= 0.6 is 11.3 Å². The predicted molar refractivity (Wildman–Crippen MR) is 89.0 cm³/mol. The van der Waals surface area contributed by atoms with Gasteiger partial charge in [-0.2, -0.15) is 0 Å². The Balaban J connectivity index is 1.83. The van der Waals surface area contributed by atoms with Crippen molar-refractivity contribution in [3.8, 4) is 11.4 Å². The molecule has 0 saturated heterocycles. The van der Waals surface area contributed by atoms with E-state index in [0.717, 1.165) is 10.4 Å². The van der Waals surface area contributed by atoms with Gasteiger partial charge in [-0.3, -0.25) is 4.79 Å². The van der Waals surface area contributed by atoms with Gasteiger partial charge in [0.1, 0.15) is 0 Å². The SMILES string of the molecule is CCn1nnnc1-c1cccc(C(=O)N(C)Cc2cccs2)c1. The molecule has 0 atom stereocenters. The van der Waals surface area contributed by atoms with Crippen LogP contribution < -0.4 is 0 Å². The van der Waals surface area contributed by atoms with Crippen LogP contribution in [-0.2, 0) is 13.1 Å². The van der Waals surface area contributed by atoms with E-state index in [2.05, 4.69) is 15.5 Å². The number of aryl methyl sites for hydroxylation is 1. The lowest BCUT2D eigenvalue weighted by Crippen LogP contribution is -2.25. The van der Waals surface area contributed by atoms with Crippen LogP contribution in [0.1, 0.15) is 22.2 Å². The number of carbonyl (C=O) groups excluding carboxylic acids is 1. The molecule has 2 aromatic heterocycles. The number of rotatable bonds is 5. The Kier molecular flexibility index (Phi) is 4.47. The minimum atomic E-state index is -0.0178. The summed E-state index contributed by atoms with van der Waals surface area (Å²) in [4.78, 5) is 15.5. The van der Waals surface area contributed by atoms with E-state index in [1.54, 1.807) is 20.9 Å². The van der Waals surface area contributed by atoms with E-state index in [9.17, 15) is 4.79 Å². The number of tetrazole rings is 1. The van der Waals surface area contributed by atoms with Gasteiger partial charge < -0.3 is 4.90 Å². The molecule has 1 amide bonds. The topological polar surface area (TPSA) is 63.9 Å². The Morgan fingerprint density at radius 2 is 2.17 bits per heavy atom. The molecule has 1 aromatic carbocycles. The highest BCUT2D eigenvalue weighted by atomic mass is 32.1. The highest BCUT2D eigenvalue weighted by Gasteiger charge is 2.15. The maximum atomic E-state index is 12.6. The van der Waals surface area contributed by atoms with Gasteiger partial charge in [0.2, 0.25) is 0 Å². The fraction of sp³-hybridized carbons (Fsp3) is 0.250. The van der Waals surface area contributed by atoms with Crippen molar-refractivity contribution in [2.24, 2.45) is 0 Å². The molecule has 3 aromatic rings. The molecule has 0 radical (unpaired) electrons. The molecule has 118 valence electrons. The van der Waals surface area contributed by atoms with Gasteiger partial charge in [-0.1, -0.05) is 18.2 Å². The summed E-state index contributed by atoms with van der Waals surface area (Å²) in [6, 6.07) is 11.4. The first kappa shape index (κ1) is 15.4. The van der Waals surface area contributed by atoms with Crippen LogP contribution in [-0.4, -0.2) is 38.1 Å². The normalized spacial score (nSPS) is 10.7. The van der Waals surface area contributed by atoms with Crippen LogP contribution in [0, 0.1) is 0 Å². The molecule has 0 spiro atoms. The molecule has 0 saturated carbocycles. The molecule has 0 bridgehead atoms. The molecule has 0 fully saturated rings. The number of hydrogen-bond donors (Lipinski definition) is 0. The zero-order valence-corrected chi connectivity index (χ0v) is 13.8. The third-order valence-electron chi connectivity index (χ3n) is 3.52. The number of hydrogen-bond acceptors (Lipinski definition) is 5. The second kappa shape index (κ2) is 6.70. The molecule has 0 N–H and O–H groups in total. The number of benzene rings is 1. The van der Waals surface area contributed by atoms with E-state index in [-0.39, 0.29) is 5.91 Å². The number of thiophene rings is 1. The minimum Gasteiger partial charge on any atom is -0.337 e. The Morgan fingerprint density at radius 1 is 1.30 bits per heavy atom. The maximum absolute atomic E-state index is 12.6. The Bertz CT molecular complexity index is 796. The van der Waals surface area contributed by atoms with Crippen molar-refractivity contribution in [3.05, 3.63) is 52.2 Å². The van der Waals surface area contributed by atoms with Crippen LogP contribution in [0.15, 0.2) is 41.8 Å². The molecule has 0 aliphatic carbocycles. The van der Waals surface area contributed by atoms with Crippen molar-refractivity contribution < 1.29 is 4.79 Å². The first-order valence-corrected chi connectivity index (χ1v) is 8.21. The van der Waals surface area contributed by atoms with Crippen molar-refractivity contribution in [2.75, 3.05) is 7.05 Å². The average Bonchev–Trinajstić information content (AvgIpc) is 3.25. The summed E-state index contributed by atoms with van der Waals surface area (Å²) in [5, 5.41) is 13.7. The predicted octanol–water partition coefficient (Wildman–Crippen LogP) is 2.69. The smallest absolute Gasteiger partial charge is 0.253 e. The molecule has 6 nitrogen and oxygen atoms in total. The van der Waals surface area contributed by atoms with Gasteiger partial charge in [-0.05, 0) is 40.9 Å². The maximum Gasteiger partial charge on any atom is 0.253 e. The first-order valence-electron chi connectivity index (χ1n) is 7.33. The molecular formula is C16H17N5OS. The second-order valence-corrected chi connectivity index (χ2v) is 6.17. The number of amides is 1. The van der Waals surface area contributed by atoms with Crippen molar-refractivity contribution in [2.45, 2.75) is 20.0 Å². The molecule has 0 unspecified atom stereocenters. The van der Waals surface area contributed by atoms with Crippen molar-refractivity contribution in [1.29, 1.82) is 0 Å². The van der Waals surface area contributed by atoms with E-state index in [4.69, 9.17) is 0 Å². The second-order valence-electron chi connectivity index (χ2n) is 5.14. The van der Waals surface area contributed by atoms with Crippen molar-refractivity contribution in [1.82, 2.24) is 25.1 Å². The Hall–Kier alpha value is -2.54. The summed E-state index contributed by atoms with van der Waals surface area (Å²) >= 11 is 1.65. The Morgan fingerprint density at radius 3 is 2.91 bits per heavy atom. The lowest BCUT2D eigenvalue weighted by molar-refractivity contribution is 0.0786. The van der Waals surface area contributed by atoms with Gasteiger partial charge in [0.05, 0.1) is 6.54 Å². The molecule has 7 heteroatoms. The van der Waals surface area contributed by atoms with Crippen LogP contribution in [0.4, 0.5) is 0 Å². The highest BCUT2D eigenvalue weighted by molar-refractivity contribution is 7.09. The number of aromatic nitrogens is 4. The monoisotopic (exact) mass is 327 g/mol. The number of nitrogens with zero attached hydrogens (tertiary/aromatic N) is 5. The van der Waals surface area contributed by atoms with Crippen molar-refractivity contribution >= 4 is 17.2 Å². The first-order chi connectivity index (χ1) is 11.2. The lowest BCUT2D eigenvalue weighted by atomic mass is 10.1. The zero-order chi connectivity index (χ0) is 16.2. The summed E-state index contributed by atoms with van der Waals surface area (Å²) in [5.74, 6) is 0.652. The third kappa shape index (κ3) is 3.29. The van der Waals surface area contributed by atoms with Crippen molar-refractivity contribution in [3.63, 3.8) is 0 Å². The van der Waals surface area contributed by atoms with Crippen LogP contribution in [0.5, 0.6) is 0 Å². The van der Waals surface area contributed by atoms with Gasteiger partial charge in [-0.15, -0.1) is 16.4 Å². The quantitative estimate of drug-likeness (QED) is 0.723. The fourth-order valence-corrected chi connectivity index (χ4v) is 3.10. The molecule has 2 heterocycles. The minimum absolute atomic E-state index is 0.0178. The zero-order valence-electron chi connectivity index (χ0n) is 13.0. The van der Waals surface area contributed by atoms with Gasteiger partial charge in [-0.25, -0.2) is 4.68 Å². The lowest BCUT2D eigenvalue weighted by Gasteiger charge is -2.16. The average molecular weight is 327 g/mol. The van der Waals surface area contributed by atoms with E-state index < -0.39 is 0 Å².